The summed E-state index contributed by atoms with van der Waals surface area (Å²) in [5.41, 5.74) is 1.62. The Morgan fingerprint density at radius 2 is 1.89 bits per heavy atom. The van der Waals surface area contributed by atoms with E-state index in [-0.39, 0.29) is 46.7 Å². The van der Waals surface area contributed by atoms with Gasteiger partial charge in [-0.15, -0.1) is 0 Å². The number of aromatic hydroxyl groups is 2. The van der Waals surface area contributed by atoms with Gasteiger partial charge in [-0.2, -0.15) is 0 Å². The highest BCUT2D eigenvalue weighted by atomic mass is 16.7. The first-order chi connectivity index (χ1) is 12.9. The normalized spacial score (nSPS) is 12.6. The Kier molecular flexibility index (Phi) is 3.87. The molecule has 2 N–H and O–H groups in total. The van der Waals surface area contributed by atoms with Gasteiger partial charge < -0.3 is 28.8 Å². The molecule has 0 saturated carbocycles. The van der Waals surface area contributed by atoms with Crippen molar-refractivity contribution in [2.45, 2.75) is 20.3 Å². The third-order valence-electron chi connectivity index (χ3n) is 4.82. The van der Waals surface area contributed by atoms with Crippen LogP contribution in [-0.4, -0.2) is 24.1 Å². The highest BCUT2D eigenvalue weighted by molar-refractivity contribution is 5.90. The first-order valence-corrected chi connectivity index (χ1v) is 8.34. The number of hydrogen-bond acceptors (Lipinski definition) is 7. The van der Waals surface area contributed by atoms with Crippen LogP contribution in [0.4, 0.5) is 0 Å². The molecule has 1 aliphatic rings. The van der Waals surface area contributed by atoms with Crippen molar-refractivity contribution >= 4 is 11.0 Å². The summed E-state index contributed by atoms with van der Waals surface area (Å²) in [6.45, 7) is 3.30. The Hall–Kier alpha value is -3.35. The lowest BCUT2D eigenvalue weighted by Crippen LogP contribution is -2.10. The average Bonchev–Trinajstić information content (AvgIpc) is 3.14. The maximum Gasteiger partial charge on any atom is 0.231 e. The van der Waals surface area contributed by atoms with Crippen LogP contribution >= 0.6 is 0 Å². The van der Waals surface area contributed by atoms with Crippen molar-refractivity contribution in [1.29, 1.82) is 0 Å². The summed E-state index contributed by atoms with van der Waals surface area (Å²) in [6.07, 6.45) is 1.60. The van der Waals surface area contributed by atoms with E-state index in [9.17, 15) is 15.0 Å². The number of phenolic OH excluding ortho intramolecular Hbond substituents is 2. The third-order valence-corrected chi connectivity index (χ3v) is 4.82. The van der Waals surface area contributed by atoms with Gasteiger partial charge in [-0.3, -0.25) is 4.79 Å². The van der Waals surface area contributed by atoms with Gasteiger partial charge in [0.2, 0.25) is 12.5 Å². The summed E-state index contributed by atoms with van der Waals surface area (Å²) in [5, 5.41) is 20.5. The molecule has 7 nitrogen and oxygen atoms in total. The van der Waals surface area contributed by atoms with Crippen LogP contribution in [0.25, 0.3) is 11.0 Å². The van der Waals surface area contributed by atoms with Gasteiger partial charge in [-0.25, -0.2) is 0 Å². The van der Waals surface area contributed by atoms with Crippen LogP contribution in [0.2, 0.25) is 0 Å². The van der Waals surface area contributed by atoms with Crippen molar-refractivity contribution in [3.63, 3.8) is 0 Å². The van der Waals surface area contributed by atoms with Crippen molar-refractivity contribution in [3.05, 3.63) is 50.9 Å². The van der Waals surface area contributed by atoms with Gasteiger partial charge >= 0.3 is 0 Å². The molecule has 0 radical (unpaired) electrons. The molecule has 2 aromatic carbocycles. The van der Waals surface area contributed by atoms with Crippen LogP contribution in [0.1, 0.15) is 22.3 Å². The van der Waals surface area contributed by atoms with Crippen LogP contribution in [0, 0.1) is 13.8 Å². The lowest BCUT2D eigenvalue weighted by Gasteiger charge is -2.11. The Bertz CT molecular complexity index is 1130. The fourth-order valence-corrected chi connectivity index (χ4v) is 3.31. The highest BCUT2D eigenvalue weighted by Gasteiger charge is 2.22. The molecule has 3 aromatic rings. The standard InChI is InChI=1S/C20H18O7/c1-9-16(21)10(2)19-15(17(9)22)18(23)12(7-25-19)4-11-5-13(24-3)20-14(6-11)26-8-27-20/h5-7,21-22H,4,8H2,1-3H3. The van der Waals surface area contributed by atoms with E-state index in [0.29, 0.717) is 28.4 Å². The second-order valence-electron chi connectivity index (χ2n) is 6.45. The van der Waals surface area contributed by atoms with Gasteiger partial charge in [0.15, 0.2) is 16.9 Å². The number of rotatable bonds is 3. The minimum atomic E-state index is -0.350. The summed E-state index contributed by atoms with van der Waals surface area (Å²) < 4.78 is 21.7. The van der Waals surface area contributed by atoms with E-state index >= 15 is 0 Å². The molecule has 1 aromatic heterocycles. The Morgan fingerprint density at radius 3 is 2.63 bits per heavy atom. The predicted molar refractivity (Wildman–Crippen MR) is 97.2 cm³/mol. The number of methoxy groups -OCH3 is 1. The summed E-state index contributed by atoms with van der Waals surface area (Å²) in [7, 11) is 1.53. The molecule has 0 aliphatic carbocycles. The van der Waals surface area contributed by atoms with Crippen molar-refractivity contribution in [1.82, 2.24) is 0 Å². The topological polar surface area (TPSA) is 98.4 Å². The lowest BCUT2D eigenvalue weighted by atomic mass is 10.00. The number of hydrogen-bond donors (Lipinski definition) is 2. The van der Waals surface area contributed by atoms with Gasteiger partial charge in [0.1, 0.15) is 22.5 Å². The van der Waals surface area contributed by atoms with Gasteiger partial charge in [-0.1, -0.05) is 0 Å². The number of phenols is 2. The molecule has 0 unspecified atom stereocenters. The van der Waals surface area contributed by atoms with E-state index in [4.69, 9.17) is 18.6 Å². The van der Waals surface area contributed by atoms with E-state index in [1.54, 1.807) is 26.0 Å². The van der Waals surface area contributed by atoms with Gasteiger partial charge in [0.25, 0.3) is 0 Å². The average molecular weight is 370 g/mol. The van der Waals surface area contributed by atoms with Crippen molar-refractivity contribution < 1.29 is 28.8 Å². The zero-order valence-corrected chi connectivity index (χ0v) is 15.1. The quantitative estimate of drug-likeness (QED) is 0.731. The molecule has 0 fully saturated rings. The molecule has 0 saturated heterocycles. The first-order valence-electron chi connectivity index (χ1n) is 8.34. The SMILES string of the molecule is COc1cc(Cc2coc3c(C)c(O)c(C)c(O)c3c2=O)cc2c1OCO2. The summed E-state index contributed by atoms with van der Waals surface area (Å²) in [4.78, 5) is 13.0. The molecule has 4 rings (SSSR count). The molecular formula is C20H18O7. The fraction of sp³-hybridized carbons (Fsp3) is 0.250. The number of fused-ring (bicyclic) bond motifs is 2. The molecule has 0 bridgehead atoms. The zero-order chi connectivity index (χ0) is 19.3. The number of ether oxygens (including phenoxy) is 3. The molecule has 0 amide bonds. The minimum absolute atomic E-state index is 0.0630. The summed E-state index contributed by atoms with van der Waals surface area (Å²) >= 11 is 0. The Morgan fingerprint density at radius 1 is 1.11 bits per heavy atom. The molecule has 27 heavy (non-hydrogen) atoms. The number of aryl methyl sites for hydroxylation is 1. The van der Waals surface area contributed by atoms with Crippen LogP contribution in [0.15, 0.2) is 27.6 Å². The van der Waals surface area contributed by atoms with Crippen molar-refractivity contribution in [2.24, 2.45) is 0 Å². The third kappa shape index (κ3) is 2.54. The van der Waals surface area contributed by atoms with Gasteiger partial charge in [-0.05, 0) is 31.5 Å². The highest BCUT2D eigenvalue weighted by Crippen LogP contribution is 2.42. The molecule has 1 aliphatic heterocycles. The molecule has 0 spiro atoms. The largest absolute Gasteiger partial charge is 0.507 e. The molecule has 7 heteroatoms. The van der Waals surface area contributed by atoms with Crippen molar-refractivity contribution in [3.8, 4) is 28.7 Å². The Labute approximate surface area is 154 Å². The zero-order valence-electron chi connectivity index (χ0n) is 15.1. The fourth-order valence-electron chi connectivity index (χ4n) is 3.31. The lowest BCUT2D eigenvalue weighted by molar-refractivity contribution is 0.171. The van der Waals surface area contributed by atoms with Crippen LogP contribution < -0.4 is 19.6 Å². The van der Waals surface area contributed by atoms with E-state index in [1.165, 1.54) is 13.4 Å². The van der Waals surface area contributed by atoms with Crippen LogP contribution in [-0.2, 0) is 6.42 Å². The maximum atomic E-state index is 13.0. The number of benzene rings is 2. The second-order valence-corrected chi connectivity index (χ2v) is 6.45. The van der Waals surface area contributed by atoms with Crippen molar-refractivity contribution in [2.75, 3.05) is 13.9 Å². The van der Waals surface area contributed by atoms with E-state index in [0.717, 1.165) is 5.56 Å². The molecule has 140 valence electrons. The minimum Gasteiger partial charge on any atom is -0.507 e. The molecule has 2 heterocycles. The van der Waals surface area contributed by atoms with E-state index in [1.807, 2.05) is 0 Å². The van der Waals surface area contributed by atoms with Gasteiger partial charge in [0.05, 0.1) is 13.4 Å². The first kappa shape index (κ1) is 17.1. The maximum absolute atomic E-state index is 13.0. The van der Waals surface area contributed by atoms with E-state index < -0.39 is 0 Å². The predicted octanol–water partition coefficient (Wildman–Crippen LogP) is 3.15. The monoisotopic (exact) mass is 370 g/mol. The van der Waals surface area contributed by atoms with E-state index in [2.05, 4.69) is 0 Å². The molecule has 0 atom stereocenters. The van der Waals surface area contributed by atoms with Gasteiger partial charge in [0, 0.05) is 23.1 Å². The smallest absolute Gasteiger partial charge is 0.231 e. The van der Waals surface area contributed by atoms with Crippen LogP contribution in [0.3, 0.4) is 0 Å². The summed E-state index contributed by atoms with van der Waals surface area (Å²) in [6, 6.07) is 3.55. The Balaban J connectivity index is 1.85. The second kappa shape index (κ2) is 6.12. The van der Waals surface area contributed by atoms with Crippen LogP contribution in [0.5, 0.6) is 28.7 Å². The summed E-state index contributed by atoms with van der Waals surface area (Å²) in [5.74, 6) is 1.24. The molecular weight excluding hydrogens is 352 g/mol.